The van der Waals surface area contributed by atoms with E-state index in [0.29, 0.717) is 33.9 Å². The molecular formula is C46H28N4. The molecule has 0 saturated heterocycles. The first-order valence-corrected chi connectivity index (χ1v) is 16.3. The highest BCUT2D eigenvalue weighted by Gasteiger charge is 2.15. The van der Waals surface area contributed by atoms with E-state index in [1.165, 1.54) is 0 Å². The number of hydrogen-bond donors (Lipinski definition) is 0. The molecule has 0 aliphatic rings. The highest BCUT2D eigenvalue weighted by atomic mass is 15.0. The molecule has 1 aromatic heterocycles. The van der Waals surface area contributed by atoms with Gasteiger partial charge in [-0.1, -0.05) is 145 Å². The van der Waals surface area contributed by atoms with Gasteiger partial charge in [-0.25, -0.2) is 15.0 Å². The normalized spacial score (nSPS) is 12.3. The van der Waals surface area contributed by atoms with Gasteiger partial charge < -0.3 is 0 Å². The summed E-state index contributed by atoms with van der Waals surface area (Å²) in [5.74, 6) is 0.703. The Kier molecular flexibility index (Phi) is 6.15. The lowest BCUT2D eigenvalue weighted by molar-refractivity contribution is 1.07. The second-order valence-electron chi connectivity index (χ2n) is 12.0. The number of fused-ring (bicyclic) bond motifs is 4. The fourth-order valence-electron chi connectivity index (χ4n) is 6.55. The topological polar surface area (TPSA) is 62.5 Å². The maximum atomic E-state index is 9.48. The van der Waals surface area contributed by atoms with Crippen LogP contribution in [0.25, 0.3) is 88.7 Å². The van der Waals surface area contributed by atoms with E-state index in [2.05, 4.69) is 24.3 Å². The van der Waals surface area contributed by atoms with Gasteiger partial charge >= 0.3 is 0 Å². The van der Waals surface area contributed by atoms with E-state index in [1.807, 2.05) is 115 Å². The van der Waals surface area contributed by atoms with E-state index in [-0.39, 0.29) is 41.1 Å². The summed E-state index contributed by atoms with van der Waals surface area (Å²) in [6, 6.07) is 47.9. The van der Waals surface area contributed by atoms with Crippen LogP contribution in [-0.4, -0.2) is 15.0 Å². The van der Waals surface area contributed by atoms with Crippen LogP contribution < -0.4 is 0 Å². The fraction of sp³-hybridized carbons (Fsp3) is 0. The van der Waals surface area contributed by atoms with Crippen molar-refractivity contribution in [3.63, 3.8) is 0 Å². The maximum Gasteiger partial charge on any atom is 0.164 e. The molecule has 0 saturated carbocycles. The minimum absolute atomic E-state index is 0.00665. The van der Waals surface area contributed by atoms with Gasteiger partial charge in [0.2, 0.25) is 0 Å². The maximum absolute atomic E-state index is 9.48. The molecule has 9 aromatic rings. The van der Waals surface area contributed by atoms with Gasteiger partial charge in [0.1, 0.15) is 0 Å². The molecule has 0 fully saturated rings. The van der Waals surface area contributed by atoms with Gasteiger partial charge in [0, 0.05) is 16.7 Å². The van der Waals surface area contributed by atoms with Gasteiger partial charge in [0.15, 0.2) is 17.5 Å². The molecule has 9 rings (SSSR count). The lowest BCUT2D eigenvalue weighted by Crippen LogP contribution is -2.00. The van der Waals surface area contributed by atoms with Gasteiger partial charge in [-0.15, -0.1) is 0 Å². The lowest BCUT2D eigenvalue weighted by Gasteiger charge is -2.14. The third-order valence-electron chi connectivity index (χ3n) is 9.00. The van der Waals surface area contributed by atoms with Gasteiger partial charge in [-0.05, 0) is 78.8 Å². The van der Waals surface area contributed by atoms with Crippen molar-refractivity contribution in [2.75, 3.05) is 0 Å². The molecule has 0 atom stereocenters. The molecule has 0 bridgehead atoms. The second kappa shape index (κ2) is 12.2. The molecular weight excluding hydrogens is 609 g/mol. The Morgan fingerprint density at radius 1 is 0.400 bits per heavy atom. The van der Waals surface area contributed by atoms with E-state index in [4.69, 9.17) is 15.0 Å². The number of nitriles is 1. The van der Waals surface area contributed by atoms with E-state index >= 15 is 0 Å². The number of nitrogens with zero attached hydrogens (tertiary/aromatic N) is 4. The van der Waals surface area contributed by atoms with E-state index in [1.54, 1.807) is 12.1 Å². The largest absolute Gasteiger partial charge is 0.208 e. The summed E-state index contributed by atoms with van der Waals surface area (Å²) < 4.78 is 37.8. The highest BCUT2D eigenvalue weighted by molar-refractivity contribution is 6.20. The summed E-state index contributed by atoms with van der Waals surface area (Å²) in [6.07, 6.45) is 0. The standard InChI is InChI=1S/C46H28N4/c47-29-30-17-19-31(20-18-30)36-13-8-14-38(27-36)46-49-44(34-10-2-1-3-11-34)48-45(50-46)35-23-21-33(22-24-35)43-40-16-7-5-12-37(40)28-42-39-15-6-4-9-32(39)25-26-41(42)43/h1-28H/i21D,22D,23D,24D. The molecule has 0 radical (unpaired) electrons. The SMILES string of the molecule is [2H]c1c([2H])c(-c2c3ccccc3cc3c2ccc2ccccc23)c([2H])c([2H])c1-c1nc(-c2ccccc2)nc(-c2cccc(-c3ccc(C#N)cc3)c2)n1. The van der Waals surface area contributed by atoms with Crippen molar-refractivity contribution in [3.8, 4) is 62.5 Å². The molecule has 50 heavy (non-hydrogen) atoms. The molecule has 4 nitrogen and oxygen atoms in total. The van der Waals surface area contributed by atoms with Crippen LogP contribution in [-0.2, 0) is 0 Å². The molecule has 0 amide bonds. The molecule has 1 heterocycles. The Morgan fingerprint density at radius 3 is 1.76 bits per heavy atom. The predicted molar refractivity (Wildman–Crippen MR) is 204 cm³/mol. The molecule has 0 aliphatic carbocycles. The summed E-state index contributed by atoms with van der Waals surface area (Å²) in [4.78, 5) is 14.5. The van der Waals surface area contributed by atoms with Gasteiger partial charge in [0.05, 0.1) is 17.1 Å². The number of aromatic nitrogens is 3. The first-order valence-electron chi connectivity index (χ1n) is 18.3. The molecule has 8 aromatic carbocycles. The minimum Gasteiger partial charge on any atom is -0.208 e. The molecule has 0 N–H and O–H groups in total. The fourth-order valence-corrected chi connectivity index (χ4v) is 6.55. The van der Waals surface area contributed by atoms with Crippen LogP contribution in [0.15, 0.2) is 170 Å². The Morgan fingerprint density at radius 2 is 1.00 bits per heavy atom. The molecule has 4 heteroatoms. The average molecular weight is 641 g/mol. The van der Waals surface area contributed by atoms with Crippen molar-refractivity contribution < 1.29 is 5.48 Å². The summed E-state index contributed by atoms with van der Waals surface area (Å²) in [7, 11) is 0. The van der Waals surface area contributed by atoms with Crippen molar-refractivity contribution in [1.29, 1.82) is 5.26 Å². The highest BCUT2D eigenvalue weighted by Crippen LogP contribution is 2.40. The van der Waals surface area contributed by atoms with Gasteiger partial charge in [-0.3, -0.25) is 0 Å². The summed E-state index contributed by atoms with van der Waals surface area (Å²) in [6.45, 7) is 0. The lowest BCUT2D eigenvalue weighted by atomic mass is 9.89. The first kappa shape index (κ1) is 25.1. The van der Waals surface area contributed by atoms with Crippen molar-refractivity contribution in [2.45, 2.75) is 0 Å². The quantitative estimate of drug-likeness (QED) is 0.139. The Bertz CT molecular complexity index is 2960. The Labute approximate surface area is 295 Å². The smallest absolute Gasteiger partial charge is 0.164 e. The van der Waals surface area contributed by atoms with Crippen molar-refractivity contribution in [3.05, 3.63) is 175 Å². The summed E-state index contributed by atoms with van der Waals surface area (Å²) >= 11 is 0. The zero-order valence-electron chi connectivity index (χ0n) is 30.6. The van der Waals surface area contributed by atoms with Crippen molar-refractivity contribution in [1.82, 2.24) is 15.0 Å². The predicted octanol–water partition coefficient (Wildman–Crippen LogP) is 11.5. The summed E-state index contributed by atoms with van der Waals surface area (Å²) in [5, 5.41) is 15.0. The molecule has 0 spiro atoms. The average Bonchev–Trinajstić information content (AvgIpc) is 3.23. The van der Waals surface area contributed by atoms with Gasteiger partial charge in [-0.2, -0.15) is 5.26 Å². The summed E-state index contributed by atoms with van der Waals surface area (Å²) in [5.41, 5.74) is 4.63. The zero-order valence-corrected chi connectivity index (χ0v) is 26.6. The van der Waals surface area contributed by atoms with E-state index in [0.717, 1.165) is 43.4 Å². The molecule has 0 aliphatic heterocycles. The monoisotopic (exact) mass is 640 g/mol. The van der Waals surface area contributed by atoms with Crippen LogP contribution in [0.2, 0.25) is 0 Å². The Hall–Kier alpha value is -6.96. The van der Waals surface area contributed by atoms with Crippen molar-refractivity contribution >= 4 is 32.3 Å². The van der Waals surface area contributed by atoms with Gasteiger partial charge in [0.25, 0.3) is 0 Å². The van der Waals surface area contributed by atoms with Crippen LogP contribution in [0.3, 0.4) is 0 Å². The van der Waals surface area contributed by atoms with Crippen LogP contribution >= 0.6 is 0 Å². The third kappa shape index (κ3) is 5.24. The van der Waals surface area contributed by atoms with Crippen LogP contribution in [0.1, 0.15) is 11.0 Å². The first-order chi connectivity index (χ1) is 26.4. The zero-order chi connectivity index (χ0) is 36.9. The third-order valence-corrected chi connectivity index (χ3v) is 9.00. The van der Waals surface area contributed by atoms with Crippen molar-refractivity contribution in [2.24, 2.45) is 0 Å². The number of benzene rings is 8. The van der Waals surface area contributed by atoms with Crippen LogP contribution in [0.5, 0.6) is 0 Å². The van der Waals surface area contributed by atoms with E-state index in [9.17, 15) is 10.7 Å². The van der Waals surface area contributed by atoms with Crippen LogP contribution in [0, 0.1) is 11.3 Å². The molecule has 232 valence electrons. The minimum atomic E-state index is -0.240. The van der Waals surface area contributed by atoms with E-state index < -0.39 is 0 Å². The number of hydrogen-bond acceptors (Lipinski definition) is 4. The second-order valence-corrected chi connectivity index (χ2v) is 12.0. The Balaban J connectivity index is 1.27. The molecule has 0 unspecified atom stereocenters. The van der Waals surface area contributed by atoms with Crippen LogP contribution in [0.4, 0.5) is 0 Å². The number of rotatable bonds is 5.